The molecule has 2 aromatic carbocycles. The number of carboxylic acids is 1. The molecule has 2 aromatic rings. The van der Waals surface area contributed by atoms with Gasteiger partial charge in [-0.05, 0) is 31.0 Å². The fraction of sp³-hybridized carbons (Fsp3) is 0.0952. The Balaban J connectivity index is 2.25. The highest BCUT2D eigenvalue weighted by Gasteiger charge is 2.28. The number of hydrogen-bond acceptors (Lipinski definition) is 2. The Kier molecular flexibility index (Phi) is 3.17. The number of benzene rings is 2. The molecule has 1 aliphatic carbocycles. The first-order valence-electron chi connectivity index (χ1n) is 7.82. The summed E-state index contributed by atoms with van der Waals surface area (Å²) in [5.41, 5.74) is 5.49. The van der Waals surface area contributed by atoms with Crippen molar-refractivity contribution in [2.75, 3.05) is 0 Å². The van der Waals surface area contributed by atoms with Crippen molar-refractivity contribution >= 4 is 16.9 Å². The van der Waals surface area contributed by atoms with Gasteiger partial charge in [0.1, 0.15) is 11.3 Å². The van der Waals surface area contributed by atoms with E-state index in [0.717, 1.165) is 33.2 Å². The molecule has 3 nitrogen and oxygen atoms in total. The third kappa shape index (κ3) is 1.95. The van der Waals surface area contributed by atoms with E-state index in [9.17, 15) is 9.90 Å². The molecule has 118 valence electrons. The maximum Gasteiger partial charge on any atom is 0.336 e. The van der Waals surface area contributed by atoms with Crippen LogP contribution in [0.5, 0.6) is 0 Å². The molecule has 0 aromatic heterocycles. The minimum absolute atomic E-state index is 0.334. The topological polar surface area (TPSA) is 50.4 Å². The zero-order chi connectivity index (χ0) is 16.8. The molecule has 0 spiro atoms. The van der Waals surface area contributed by atoms with Crippen molar-refractivity contribution in [3.8, 4) is 22.5 Å². The Hall–Kier alpha value is -3.07. The maximum absolute atomic E-state index is 11.7. The second kappa shape index (κ2) is 5.24. The van der Waals surface area contributed by atoms with Crippen molar-refractivity contribution in [3.63, 3.8) is 0 Å². The van der Waals surface area contributed by atoms with Crippen molar-refractivity contribution in [2.45, 2.75) is 13.8 Å². The maximum atomic E-state index is 11.7. The van der Waals surface area contributed by atoms with E-state index in [1.165, 1.54) is 0 Å². The van der Waals surface area contributed by atoms with Crippen LogP contribution in [0.15, 0.2) is 59.0 Å². The average molecular weight is 316 g/mol. The number of carboxylic acid groups (broad SMARTS) is 1. The van der Waals surface area contributed by atoms with E-state index < -0.39 is 5.97 Å². The molecule has 0 amide bonds. The fourth-order valence-electron chi connectivity index (χ4n) is 3.54. The van der Waals surface area contributed by atoms with E-state index in [1.807, 2.05) is 68.4 Å². The van der Waals surface area contributed by atoms with Crippen LogP contribution in [0.2, 0.25) is 0 Å². The summed E-state index contributed by atoms with van der Waals surface area (Å²) >= 11 is 0. The minimum atomic E-state index is -0.917. The molecule has 1 heterocycles. The van der Waals surface area contributed by atoms with Gasteiger partial charge in [-0.2, -0.15) is 0 Å². The summed E-state index contributed by atoms with van der Waals surface area (Å²) in [7, 11) is 0. The monoisotopic (exact) mass is 316 g/mol. The molecule has 0 fully saturated rings. The fourth-order valence-corrected chi connectivity index (χ4v) is 3.54. The van der Waals surface area contributed by atoms with Gasteiger partial charge in [0.2, 0.25) is 0 Å². The Morgan fingerprint density at radius 1 is 0.875 bits per heavy atom. The van der Waals surface area contributed by atoms with E-state index in [4.69, 9.17) is 4.42 Å². The van der Waals surface area contributed by atoms with Crippen LogP contribution >= 0.6 is 0 Å². The lowest BCUT2D eigenvalue weighted by Crippen LogP contribution is -1.98. The van der Waals surface area contributed by atoms with E-state index in [-0.39, 0.29) is 0 Å². The molecule has 1 aliphatic heterocycles. The SMILES string of the molecule is Cc1c2oc3ccccc3c(-c3ccccc3)c-2c(C)c1C(=O)O. The molecular formula is C21H16O3. The van der Waals surface area contributed by atoms with Gasteiger partial charge in [-0.3, -0.25) is 0 Å². The smallest absolute Gasteiger partial charge is 0.336 e. The van der Waals surface area contributed by atoms with Gasteiger partial charge in [0.25, 0.3) is 0 Å². The highest BCUT2D eigenvalue weighted by Crippen LogP contribution is 2.46. The Bertz CT molecular complexity index is 1040. The van der Waals surface area contributed by atoms with Gasteiger partial charge < -0.3 is 9.52 Å². The lowest BCUT2D eigenvalue weighted by molar-refractivity contribution is 0.0696. The zero-order valence-electron chi connectivity index (χ0n) is 13.5. The molecule has 0 saturated carbocycles. The van der Waals surface area contributed by atoms with Crippen LogP contribution in [-0.4, -0.2) is 11.1 Å². The van der Waals surface area contributed by atoms with Gasteiger partial charge in [0, 0.05) is 22.1 Å². The van der Waals surface area contributed by atoms with Crippen molar-refractivity contribution in [1.29, 1.82) is 0 Å². The van der Waals surface area contributed by atoms with Crippen LogP contribution in [0.3, 0.4) is 0 Å². The zero-order valence-corrected chi connectivity index (χ0v) is 13.5. The quantitative estimate of drug-likeness (QED) is 0.530. The Labute approximate surface area is 139 Å². The van der Waals surface area contributed by atoms with Gasteiger partial charge in [0.05, 0.1) is 5.56 Å². The number of fused-ring (bicyclic) bond motifs is 2. The van der Waals surface area contributed by atoms with E-state index in [1.54, 1.807) is 0 Å². The lowest BCUT2D eigenvalue weighted by atomic mass is 9.94. The normalized spacial score (nSPS) is 11.2. The molecule has 4 rings (SSSR count). The van der Waals surface area contributed by atoms with E-state index >= 15 is 0 Å². The predicted molar refractivity (Wildman–Crippen MR) is 94.7 cm³/mol. The third-order valence-electron chi connectivity index (χ3n) is 4.59. The van der Waals surface area contributed by atoms with Crippen LogP contribution in [0, 0.1) is 13.8 Å². The van der Waals surface area contributed by atoms with Crippen LogP contribution in [0.25, 0.3) is 33.4 Å². The molecule has 0 bridgehead atoms. The molecule has 0 unspecified atom stereocenters. The van der Waals surface area contributed by atoms with E-state index in [2.05, 4.69) is 0 Å². The van der Waals surface area contributed by atoms with E-state index in [0.29, 0.717) is 16.9 Å². The van der Waals surface area contributed by atoms with Crippen LogP contribution in [-0.2, 0) is 0 Å². The summed E-state index contributed by atoms with van der Waals surface area (Å²) in [5, 5.41) is 10.6. The third-order valence-corrected chi connectivity index (χ3v) is 4.59. The molecule has 0 radical (unpaired) electrons. The van der Waals surface area contributed by atoms with Gasteiger partial charge in [-0.25, -0.2) is 4.79 Å². The van der Waals surface area contributed by atoms with Crippen LogP contribution < -0.4 is 0 Å². The second-order valence-corrected chi connectivity index (χ2v) is 5.97. The second-order valence-electron chi connectivity index (χ2n) is 5.97. The van der Waals surface area contributed by atoms with Crippen molar-refractivity contribution in [1.82, 2.24) is 0 Å². The van der Waals surface area contributed by atoms with Crippen molar-refractivity contribution in [2.24, 2.45) is 0 Å². The summed E-state index contributed by atoms with van der Waals surface area (Å²) < 4.78 is 6.09. The number of hydrogen-bond donors (Lipinski definition) is 1. The summed E-state index contributed by atoms with van der Waals surface area (Å²) in [6, 6.07) is 17.9. The number of aromatic carboxylic acids is 1. The average Bonchev–Trinajstić information content (AvgIpc) is 2.84. The number of carbonyl (C=O) groups is 1. The first kappa shape index (κ1) is 14.5. The molecule has 1 N–H and O–H groups in total. The summed E-state index contributed by atoms with van der Waals surface area (Å²) in [6.45, 7) is 3.67. The standard InChI is InChI=1S/C21H16O3/c1-12-17(21(22)23)13(2)20-18(12)19(14-8-4-3-5-9-14)15-10-6-7-11-16(15)24-20/h3-11H,1-2H3,(H,22,23). The summed E-state index contributed by atoms with van der Waals surface area (Å²) in [6.07, 6.45) is 0. The van der Waals surface area contributed by atoms with Crippen LogP contribution in [0.1, 0.15) is 21.5 Å². The molecule has 24 heavy (non-hydrogen) atoms. The first-order chi connectivity index (χ1) is 11.6. The Morgan fingerprint density at radius 2 is 1.54 bits per heavy atom. The summed E-state index contributed by atoms with van der Waals surface area (Å²) in [5.74, 6) is -0.262. The van der Waals surface area contributed by atoms with Gasteiger partial charge in [-0.1, -0.05) is 48.5 Å². The molecule has 2 aliphatic rings. The number of para-hydroxylation sites is 1. The lowest BCUT2D eigenvalue weighted by Gasteiger charge is -2.14. The highest BCUT2D eigenvalue weighted by atomic mass is 16.4. The Morgan fingerprint density at radius 3 is 2.25 bits per heavy atom. The van der Waals surface area contributed by atoms with Crippen LogP contribution in [0.4, 0.5) is 0 Å². The summed E-state index contributed by atoms with van der Waals surface area (Å²) in [4.78, 5) is 11.7. The van der Waals surface area contributed by atoms with Gasteiger partial charge >= 0.3 is 5.97 Å². The highest BCUT2D eigenvalue weighted by molar-refractivity contribution is 6.07. The van der Waals surface area contributed by atoms with Gasteiger partial charge in [0.15, 0.2) is 0 Å². The van der Waals surface area contributed by atoms with Gasteiger partial charge in [-0.15, -0.1) is 0 Å². The molecule has 3 heteroatoms. The molecular weight excluding hydrogens is 300 g/mol. The first-order valence-corrected chi connectivity index (χ1v) is 7.82. The minimum Gasteiger partial charge on any atom is -0.478 e. The van der Waals surface area contributed by atoms with Crippen molar-refractivity contribution < 1.29 is 14.3 Å². The molecule has 0 atom stereocenters. The number of rotatable bonds is 2. The largest absolute Gasteiger partial charge is 0.478 e. The molecule has 0 saturated heterocycles. The van der Waals surface area contributed by atoms with Crippen molar-refractivity contribution in [3.05, 3.63) is 71.3 Å². The predicted octanol–water partition coefficient (Wildman–Crippen LogP) is 5.52.